The third-order valence-electron chi connectivity index (χ3n) is 3.89. The van der Waals surface area contributed by atoms with Gasteiger partial charge in [-0.3, -0.25) is 0 Å². The fraction of sp³-hybridized carbons (Fsp3) is 0.556. The molecule has 0 saturated heterocycles. The molecule has 21 heavy (non-hydrogen) atoms. The van der Waals surface area contributed by atoms with Crippen molar-refractivity contribution in [1.82, 2.24) is 0 Å². The van der Waals surface area contributed by atoms with Crippen LogP contribution in [0.3, 0.4) is 0 Å². The van der Waals surface area contributed by atoms with E-state index in [1.54, 1.807) is 7.11 Å². The van der Waals surface area contributed by atoms with E-state index in [0.717, 1.165) is 23.9 Å². The van der Waals surface area contributed by atoms with Gasteiger partial charge >= 0.3 is 0 Å². The van der Waals surface area contributed by atoms with Gasteiger partial charge in [0.15, 0.2) is 0 Å². The van der Waals surface area contributed by atoms with Crippen LogP contribution >= 0.6 is 0 Å². The predicted molar refractivity (Wildman–Crippen MR) is 87.9 cm³/mol. The summed E-state index contributed by atoms with van der Waals surface area (Å²) in [7, 11) is 1.68. The lowest BCUT2D eigenvalue weighted by Gasteiger charge is -2.26. The number of benzene rings is 1. The summed E-state index contributed by atoms with van der Waals surface area (Å²) in [5.41, 5.74) is 2.69. The van der Waals surface area contributed by atoms with Crippen LogP contribution in [0.25, 0.3) is 0 Å². The molecule has 1 aliphatic carbocycles. The fourth-order valence-corrected chi connectivity index (χ4v) is 3.02. The van der Waals surface area contributed by atoms with Gasteiger partial charge in [-0.1, -0.05) is 18.6 Å². The van der Waals surface area contributed by atoms with Crippen molar-refractivity contribution in [2.75, 3.05) is 32.2 Å². The minimum atomic E-state index is 0.592. The summed E-state index contributed by atoms with van der Waals surface area (Å²) in [5.74, 6) is 2.34. The Bertz CT molecular complexity index is 453. The number of nitrogens with one attached hydrogen (secondary N) is 1. The molecular formula is C18H27NO2. The van der Waals surface area contributed by atoms with Crippen molar-refractivity contribution in [2.45, 2.75) is 26.7 Å². The molecule has 0 fully saturated rings. The molecule has 2 unspecified atom stereocenters. The number of allylic oxidation sites excluding steroid dienone is 2. The van der Waals surface area contributed by atoms with Crippen LogP contribution in [-0.4, -0.2) is 26.9 Å². The van der Waals surface area contributed by atoms with E-state index < -0.39 is 0 Å². The molecule has 3 heteroatoms. The van der Waals surface area contributed by atoms with Gasteiger partial charge < -0.3 is 14.8 Å². The van der Waals surface area contributed by atoms with E-state index in [2.05, 4.69) is 37.4 Å². The largest absolute Gasteiger partial charge is 0.491 e. The number of hydrogen-bond acceptors (Lipinski definition) is 3. The van der Waals surface area contributed by atoms with E-state index in [-0.39, 0.29) is 0 Å². The average molecular weight is 289 g/mol. The number of anilines is 1. The van der Waals surface area contributed by atoms with Crippen molar-refractivity contribution in [1.29, 1.82) is 0 Å². The topological polar surface area (TPSA) is 30.5 Å². The summed E-state index contributed by atoms with van der Waals surface area (Å²) >= 11 is 0. The van der Waals surface area contributed by atoms with E-state index in [4.69, 9.17) is 9.47 Å². The minimum absolute atomic E-state index is 0.592. The maximum Gasteiger partial charge on any atom is 0.119 e. The molecule has 1 N–H and O–H groups in total. The molecule has 1 aliphatic rings. The van der Waals surface area contributed by atoms with E-state index >= 15 is 0 Å². The zero-order chi connectivity index (χ0) is 15.1. The Balaban J connectivity index is 1.77. The summed E-state index contributed by atoms with van der Waals surface area (Å²) in [6, 6.07) is 8.17. The summed E-state index contributed by atoms with van der Waals surface area (Å²) in [5, 5.41) is 3.54. The van der Waals surface area contributed by atoms with Crippen molar-refractivity contribution < 1.29 is 9.47 Å². The molecule has 0 aromatic heterocycles. The second-order valence-corrected chi connectivity index (χ2v) is 6.04. The lowest BCUT2D eigenvalue weighted by Crippen LogP contribution is -2.20. The smallest absolute Gasteiger partial charge is 0.119 e. The summed E-state index contributed by atoms with van der Waals surface area (Å²) in [6.07, 6.45) is 4.90. The van der Waals surface area contributed by atoms with E-state index in [1.807, 2.05) is 12.1 Å². The molecule has 3 nitrogen and oxygen atoms in total. The first-order valence-electron chi connectivity index (χ1n) is 7.80. The Morgan fingerprint density at radius 1 is 1.19 bits per heavy atom. The number of methoxy groups -OCH3 is 1. The van der Waals surface area contributed by atoms with Crippen molar-refractivity contribution in [3.8, 4) is 5.75 Å². The molecule has 0 radical (unpaired) electrons. The Kier molecular flexibility index (Phi) is 6.12. The Morgan fingerprint density at radius 3 is 2.62 bits per heavy atom. The predicted octanol–water partition coefficient (Wildman–Crippen LogP) is 4.12. The first-order chi connectivity index (χ1) is 10.2. The quantitative estimate of drug-likeness (QED) is 0.605. The lowest BCUT2D eigenvalue weighted by atomic mass is 9.84. The number of hydrogen-bond donors (Lipinski definition) is 1. The van der Waals surface area contributed by atoms with Crippen molar-refractivity contribution in [2.24, 2.45) is 11.8 Å². The van der Waals surface area contributed by atoms with Crippen LogP contribution < -0.4 is 10.1 Å². The van der Waals surface area contributed by atoms with Crippen LogP contribution in [0.5, 0.6) is 5.75 Å². The van der Waals surface area contributed by atoms with Gasteiger partial charge in [-0.25, -0.2) is 0 Å². The van der Waals surface area contributed by atoms with Gasteiger partial charge in [0.1, 0.15) is 12.4 Å². The first-order valence-corrected chi connectivity index (χ1v) is 7.80. The zero-order valence-electron chi connectivity index (χ0n) is 13.4. The fourth-order valence-electron chi connectivity index (χ4n) is 3.02. The third kappa shape index (κ3) is 5.43. The maximum atomic E-state index is 5.56. The van der Waals surface area contributed by atoms with Gasteiger partial charge in [-0.05, 0) is 55.9 Å². The standard InChI is InChI=1S/C18H27NO2/c1-14-10-15(2)12-16(11-14)13-19-17-4-6-18(7-5-17)21-9-8-20-3/h4-7,10,14,16,19H,8-9,11-13H2,1-3H3. The van der Waals surface area contributed by atoms with Crippen LogP contribution in [-0.2, 0) is 4.74 Å². The molecule has 0 saturated carbocycles. The molecule has 0 bridgehead atoms. The molecule has 0 amide bonds. The molecule has 2 atom stereocenters. The SMILES string of the molecule is COCCOc1ccc(NCC2CC(C)=CC(C)C2)cc1. The molecule has 2 rings (SSSR count). The number of rotatable bonds is 7. The van der Waals surface area contributed by atoms with Gasteiger partial charge in [0.05, 0.1) is 6.61 Å². The van der Waals surface area contributed by atoms with Crippen LogP contribution in [0.2, 0.25) is 0 Å². The van der Waals surface area contributed by atoms with Gasteiger partial charge in [-0.15, -0.1) is 0 Å². The zero-order valence-corrected chi connectivity index (χ0v) is 13.4. The van der Waals surface area contributed by atoms with Crippen molar-refractivity contribution in [3.05, 3.63) is 35.9 Å². The van der Waals surface area contributed by atoms with Gasteiger partial charge in [0, 0.05) is 19.3 Å². The van der Waals surface area contributed by atoms with Gasteiger partial charge in [-0.2, -0.15) is 0 Å². The molecule has 1 aromatic carbocycles. The lowest BCUT2D eigenvalue weighted by molar-refractivity contribution is 0.146. The van der Waals surface area contributed by atoms with Crippen LogP contribution in [0.15, 0.2) is 35.9 Å². The summed E-state index contributed by atoms with van der Waals surface area (Å²) < 4.78 is 10.5. The second kappa shape index (κ2) is 8.08. The first kappa shape index (κ1) is 15.9. The highest BCUT2D eigenvalue weighted by Crippen LogP contribution is 2.28. The second-order valence-electron chi connectivity index (χ2n) is 6.04. The molecule has 116 valence electrons. The molecule has 0 spiro atoms. The molecular weight excluding hydrogens is 262 g/mol. The monoisotopic (exact) mass is 289 g/mol. The minimum Gasteiger partial charge on any atom is -0.491 e. The highest BCUT2D eigenvalue weighted by Gasteiger charge is 2.17. The van der Waals surface area contributed by atoms with E-state index in [9.17, 15) is 0 Å². The van der Waals surface area contributed by atoms with Crippen LogP contribution in [0, 0.1) is 11.8 Å². The third-order valence-corrected chi connectivity index (χ3v) is 3.89. The highest BCUT2D eigenvalue weighted by atomic mass is 16.5. The van der Waals surface area contributed by atoms with Crippen LogP contribution in [0.1, 0.15) is 26.7 Å². The Labute approximate surface area is 128 Å². The molecule has 0 heterocycles. The van der Waals surface area contributed by atoms with E-state index in [1.165, 1.54) is 18.4 Å². The summed E-state index contributed by atoms with van der Waals surface area (Å²) in [6.45, 7) is 6.80. The molecule has 1 aromatic rings. The van der Waals surface area contributed by atoms with Crippen molar-refractivity contribution >= 4 is 5.69 Å². The van der Waals surface area contributed by atoms with Crippen LogP contribution in [0.4, 0.5) is 5.69 Å². The van der Waals surface area contributed by atoms with Gasteiger partial charge in [0.25, 0.3) is 0 Å². The normalized spacial score (nSPS) is 21.8. The molecule has 0 aliphatic heterocycles. The maximum absolute atomic E-state index is 5.56. The van der Waals surface area contributed by atoms with Gasteiger partial charge in [0.2, 0.25) is 0 Å². The van der Waals surface area contributed by atoms with Crippen molar-refractivity contribution in [3.63, 3.8) is 0 Å². The number of ether oxygens (including phenoxy) is 2. The Morgan fingerprint density at radius 2 is 1.95 bits per heavy atom. The average Bonchev–Trinajstić information content (AvgIpc) is 2.46. The summed E-state index contributed by atoms with van der Waals surface area (Å²) in [4.78, 5) is 0. The Hall–Kier alpha value is -1.48. The highest BCUT2D eigenvalue weighted by molar-refractivity contribution is 5.46. The van der Waals surface area contributed by atoms with E-state index in [0.29, 0.717) is 19.1 Å².